The zero-order chi connectivity index (χ0) is 8.74. The minimum Gasteiger partial charge on any atom is -0.270 e. The molecule has 0 heterocycles. The molecule has 3 nitrogen and oxygen atoms in total. The Labute approximate surface area is 68.2 Å². The maximum Gasteiger partial charge on any atom is 0.289 e. The van der Waals surface area contributed by atoms with Crippen molar-refractivity contribution in [3.63, 3.8) is 0 Å². The minimum atomic E-state index is -3.38. The standard InChI is InChI=1S/C7H14O3S/c1-3-4-5-6-7-11(8,9)10-2/h6-7H,3-5H2,1-2H3/b7-6+. The van der Waals surface area contributed by atoms with Crippen molar-refractivity contribution < 1.29 is 12.6 Å². The summed E-state index contributed by atoms with van der Waals surface area (Å²) in [7, 11) is -2.23. The molecule has 11 heavy (non-hydrogen) atoms. The van der Waals surface area contributed by atoms with Gasteiger partial charge in [-0.05, 0) is 6.42 Å². The maximum atomic E-state index is 10.7. The molecule has 66 valence electrons. The molecule has 0 fully saturated rings. The van der Waals surface area contributed by atoms with Crippen LogP contribution in [0.3, 0.4) is 0 Å². The van der Waals surface area contributed by atoms with E-state index in [0.717, 1.165) is 31.8 Å². The van der Waals surface area contributed by atoms with Crippen LogP contribution in [0, 0.1) is 0 Å². The van der Waals surface area contributed by atoms with Gasteiger partial charge in [-0.1, -0.05) is 25.8 Å². The molecule has 0 radical (unpaired) electrons. The molecule has 0 saturated carbocycles. The Balaban J connectivity index is 3.74. The zero-order valence-electron chi connectivity index (χ0n) is 6.91. The van der Waals surface area contributed by atoms with Crippen LogP contribution in [-0.4, -0.2) is 15.5 Å². The summed E-state index contributed by atoms with van der Waals surface area (Å²) in [6, 6.07) is 0. The Morgan fingerprint density at radius 1 is 1.45 bits per heavy atom. The van der Waals surface area contributed by atoms with Crippen LogP contribution in [-0.2, 0) is 14.3 Å². The van der Waals surface area contributed by atoms with Gasteiger partial charge in [0.25, 0.3) is 10.1 Å². The molecular formula is C7H14O3S. The highest BCUT2D eigenvalue weighted by Gasteiger charge is 1.98. The van der Waals surface area contributed by atoms with Gasteiger partial charge in [0.2, 0.25) is 0 Å². The Morgan fingerprint density at radius 3 is 2.55 bits per heavy atom. The molecule has 0 spiro atoms. The third kappa shape index (κ3) is 6.06. The lowest BCUT2D eigenvalue weighted by Gasteiger charge is -1.91. The molecular weight excluding hydrogens is 164 g/mol. The van der Waals surface area contributed by atoms with E-state index in [1.54, 1.807) is 6.08 Å². The number of allylic oxidation sites excluding steroid dienone is 1. The maximum absolute atomic E-state index is 10.7. The molecule has 0 aliphatic heterocycles. The summed E-state index contributed by atoms with van der Waals surface area (Å²) in [5.74, 6) is 0. The molecule has 0 atom stereocenters. The first-order valence-electron chi connectivity index (χ1n) is 3.59. The average Bonchev–Trinajstić information content (AvgIpc) is 1.99. The van der Waals surface area contributed by atoms with Crippen molar-refractivity contribution in [3.8, 4) is 0 Å². The van der Waals surface area contributed by atoms with Crippen LogP contribution in [0.5, 0.6) is 0 Å². The molecule has 0 aliphatic rings. The van der Waals surface area contributed by atoms with Gasteiger partial charge in [-0.3, -0.25) is 4.18 Å². The highest BCUT2D eigenvalue weighted by Crippen LogP contribution is 1.98. The topological polar surface area (TPSA) is 43.4 Å². The number of rotatable bonds is 5. The van der Waals surface area contributed by atoms with Crippen LogP contribution in [0.25, 0.3) is 0 Å². The predicted molar refractivity (Wildman–Crippen MR) is 44.6 cm³/mol. The number of hydrogen-bond donors (Lipinski definition) is 0. The smallest absolute Gasteiger partial charge is 0.270 e. The van der Waals surface area contributed by atoms with Gasteiger partial charge >= 0.3 is 0 Å². The fourth-order valence-electron chi connectivity index (χ4n) is 0.563. The van der Waals surface area contributed by atoms with Gasteiger partial charge in [-0.15, -0.1) is 0 Å². The van der Waals surface area contributed by atoms with Gasteiger partial charge in [0.05, 0.1) is 12.5 Å². The SMILES string of the molecule is CCCC/C=C/S(=O)(=O)OC. The largest absolute Gasteiger partial charge is 0.289 e. The highest BCUT2D eigenvalue weighted by atomic mass is 32.2. The lowest BCUT2D eigenvalue weighted by atomic mass is 10.2. The van der Waals surface area contributed by atoms with Crippen LogP contribution in [0.2, 0.25) is 0 Å². The average molecular weight is 178 g/mol. The third-order valence-corrected chi connectivity index (χ3v) is 2.21. The van der Waals surface area contributed by atoms with E-state index >= 15 is 0 Å². The number of unbranched alkanes of at least 4 members (excludes halogenated alkanes) is 2. The van der Waals surface area contributed by atoms with Crippen LogP contribution in [0.1, 0.15) is 26.2 Å². The Bertz CT molecular complexity index is 204. The molecule has 0 aliphatic carbocycles. The van der Waals surface area contributed by atoms with Gasteiger partial charge in [0, 0.05) is 0 Å². The quantitative estimate of drug-likeness (QED) is 0.475. The molecule has 0 bridgehead atoms. The van der Waals surface area contributed by atoms with Crippen molar-refractivity contribution in [2.24, 2.45) is 0 Å². The Morgan fingerprint density at radius 2 is 2.09 bits per heavy atom. The van der Waals surface area contributed by atoms with E-state index in [0.29, 0.717) is 0 Å². The first kappa shape index (κ1) is 10.7. The summed E-state index contributed by atoms with van der Waals surface area (Å²) in [4.78, 5) is 0. The molecule has 0 aromatic heterocycles. The van der Waals surface area contributed by atoms with Crippen LogP contribution >= 0.6 is 0 Å². The monoisotopic (exact) mass is 178 g/mol. The van der Waals surface area contributed by atoms with Crippen molar-refractivity contribution >= 4 is 10.1 Å². The molecule has 0 aromatic carbocycles. The molecule has 0 aromatic rings. The summed E-state index contributed by atoms with van der Waals surface area (Å²) in [5.41, 5.74) is 0. The lowest BCUT2D eigenvalue weighted by Crippen LogP contribution is -1.95. The summed E-state index contributed by atoms with van der Waals surface area (Å²) in [6.07, 6.45) is 4.48. The summed E-state index contributed by atoms with van der Waals surface area (Å²) in [5, 5.41) is 1.10. The summed E-state index contributed by atoms with van der Waals surface area (Å²) < 4.78 is 25.5. The highest BCUT2D eigenvalue weighted by molar-refractivity contribution is 7.89. The van der Waals surface area contributed by atoms with E-state index in [1.807, 2.05) is 0 Å². The molecule has 4 heteroatoms. The first-order valence-corrected chi connectivity index (χ1v) is 5.06. The van der Waals surface area contributed by atoms with E-state index in [-0.39, 0.29) is 0 Å². The zero-order valence-corrected chi connectivity index (χ0v) is 7.73. The molecule has 0 rings (SSSR count). The predicted octanol–water partition coefficient (Wildman–Crippen LogP) is 1.67. The minimum absolute atomic E-state index is 0.791. The van der Waals surface area contributed by atoms with Crippen LogP contribution < -0.4 is 0 Å². The number of hydrogen-bond acceptors (Lipinski definition) is 3. The fraction of sp³-hybridized carbons (Fsp3) is 0.714. The van der Waals surface area contributed by atoms with E-state index in [9.17, 15) is 8.42 Å². The van der Waals surface area contributed by atoms with Crippen molar-refractivity contribution in [1.82, 2.24) is 0 Å². The third-order valence-electron chi connectivity index (χ3n) is 1.22. The molecule has 0 amide bonds. The van der Waals surface area contributed by atoms with Crippen molar-refractivity contribution in [2.45, 2.75) is 26.2 Å². The van der Waals surface area contributed by atoms with E-state index in [4.69, 9.17) is 0 Å². The Hall–Kier alpha value is -0.350. The summed E-state index contributed by atoms with van der Waals surface area (Å²) in [6.45, 7) is 2.05. The second kappa shape index (κ2) is 5.32. The van der Waals surface area contributed by atoms with Gasteiger partial charge in [0.15, 0.2) is 0 Å². The van der Waals surface area contributed by atoms with E-state index in [2.05, 4.69) is 11.1 Å². The molecule has 0 unspecified atom stereocenters. The van der Waals surface area contributed by atoms with Crippen molar-refractivity contribution in [2.75, 3.05) is 7.11 Å². The van der Waals surface area contributed by atoms with Crippen molar-refractivity contribution in [3.05, 3.63) is 11.5 Å². The van der Waals surface area contributed by atoms with Gasteiger partial charge in [-0.2, -0.15) is 8.42 Å². The van der Waals surface area contributed by atoms with E-state index < -0.39 is 10.1 Å². The molecule has 0 N–H and O–H groups in total. The second-order valence-electron chi connectivity index (χ2n) is 2.17. The van der Waals surface area contributed by atoms with Gasteiger partial charge in [-0.25, -0.2) is 0 Å². The Kier molecular flexibility index (Phi) is 5.15. The van der Waals surface area contributed by atoms with Crippen molar-refractivity contribution in [1.29, 1.82) is 0 Å². The first-order chi connectivity index (χ1) is 5.12. The fourth-order valence-corrected chi connectivity index (χ4v) is 1.05. The van der Waals surface area contributed by atoms with Gasteiger partial charge in [0.1, 0.15) is 0 Å². The van der Waals surface area contributed by atoms with Crippen LogP contribution in [0.4, 0.5) is 0 Å². The summed E-state index contributed by atoms with van der Waals surface area (Å²) >= 11 is 0. The lowest BCUT2D eigenvalue weighted by molar-refractivity contribution is 0.406. The van der Waals surface area contributed by atoms with Crippen LogP contribution in [0.15, 0.2) is 11.5 Å². The van der Waals surface area contributed by atoms with E-state index in [1.165, 1.54) is 0 Å². The normalized spacial score (nSPS) is 12.5. The molecule has 0 saturated heterocycles. The van der Waals surface area contributed by atoms with Gasteiger partial charge < -0.3 is 0 Å². The second-order valence-corrected chi connectivity index (χ2v) is 3.76.